The smallest absolute Gasteiger partial charge is 0.360 e. The molecule has 0 bridgehead atoms. The second-order valence-electron chi connectivity index (χ2n) is 5.96. The summed E-state index contributed by atoms with van der Waals surface area (Å²) in [5, 5.41) is 4.75. The Balaban J connectivity index is 1.86. The molecule has 3 aromatic rings. The maximum atomic E-state index is 12.6. The van der Waals surface area contributed by atoms with Crippen molar-refractivity contribution in [3.05, 3.63) is 70.1 Å². The molecule has 0 fully saturated rings. The molecule has 27 heavy (non-hydrogen) atoms. The number of carbonyl (C=O) groups excluding carboxylic acids is 2. The number of hydrogen-bond acceptors (Lipinski definition) is 6. The molecule has 3 rings (SSSR count). The van der Waals surface area contributed by atoms with Crippen molar-refractivity contribution in [2.24, 2.45) is 7.05 Å². The Bertz CT molecular complexity index is 1070. The molecule has 0 aliphatic rings. The molecule has 0 saturated carbocycles. The number of ketones is 1. The van der Waals surface area contributed by atoms with Crippen LogP contribution in [0.15, 0.2) is 53.3 Å². The lowest BCUT2D eigenvalue weighted by molar-refractivity contribution is 0.0313. The lowest BCUT2D eigenvalue weighted by Crippen LogP contribution is -2.28. The highest BCUT2D eigenvalue weighted by molar-refractivity contribution is 6.05. The predicted molar refractivity (Wildman–Crippen MR) is 99.2 cm³/mol. The largest absolute Gasteiger partial charge is 0.497 e. The van der Waals surface area contributed by atoms with Crippen LogP contribution in [-0.4, -0.2) is 34.7 Å². The van der Waals surface area contributed by atoms with Gasteiger partial charge < -0.3 is 9.47 Å². The van der Waals surface area contributed by atoms with Gasteiger partial charge in [-0.25, -0.2) is 9.48 Å². The van der Waals surface area contributed by atoms with Gasteiger partial charge in [-0.15, -0.1) is 0 Å². The highest BCUT2D eigenvalue weighted by atomic mass is 16.5. The minimum atomic E-state index is -1.01. The number of esters is 1. The molecule has 0 N–H and O–H groups in total. The fraction of sp³-hybridized carbons (Fsp3) is 0.200. The van der Waals surface area contributed by atoms with E-state index >= 15 is 0 Å². The number of Topliss-reactive ketones (excluding diaryl/α,β-unsaturated/α-hetero) is 1. The van der Waals surface area contributed by atoms with Gasteiger partial charge in [0.05, 0.1) is 12.5 Å². The molecule has 1 heterocycles. The second-order valence-corrected chi connectivity index (χ2v) is 5.96. The molecule has 0 saturated heterocycles. The first kappa shape index (κ1) is 18.3. The van der Waals surface area contributed by atoms with Gasteiger partial charge in [-0.1, -0.05) is 18.2 Å². The second kappa shape index (κ2) is 7.41. The maximum Gasteiger partial charge on any atom is 0.360 e. The summed E-state index contributed by atoms with van der Waals surface area (Å²) >= 11 is 0. The van der Waals surface area contributed by atoms with Crippen molar-refractivity contribution in [1.29, 1.82) is 0 Å². The predicted octanol–water partition coefficient (Wildman–Crippen LogP) is 2.37. The molecule has 0 spiro atoms. The summed E-state index contributed by atoms with van der Waals surface area (Å²) in [5.41, 5.74) is 0.0703. The monoisotopic (exact) mass is 366 g/mol. The summed E-state index contributed by atoms with van der Waals surface area (Å²) in [5.74, 6) is -0.492. The summed E-state index contributed by atoms with van der Waals surface area (Å²) in [4.78, 5) is 37.3. The van der Waals surface area contributed by atoms with Crippen LogP contribution in [0.1, 0.15) is 27.8 Å². The van der Waals surface area contributed by atoms with Crippen LogP contribution in [0.3, 0.4) is 0 Å². The van der Waals surface area contributed by atoms with Gasteiger partial charge in [0, 0.05) is 18.0 Å². The van der Waals surface area contributed by atoms with Crippen LogP contribution in [0, 0.1) is 0 Å². The molecule has 2 aromatic carbocycles. The fourth-order valence-electron chi connectivity index (χ4n) is 2.71. The SMILES string of the molecule is COc1ccc(C(=O)C(C)OC(=O)c2nn(C)c(=O)c3ccccc23)cc1. The molecular weight excluding hydrogens is 348 g/mol. The van der Waals surface area contributed by atoms with E-state index in [1.54, 1.807) is 48.5 Å². The van der Waals surface area contributed by atoms with Crippen LogP contribution in [0.2, 0.25) is 0 Å². The van der Waals surface area contributed by atoms with Crippen molar-refractivity contribution in [1.82, 2.24) is 9.78 Å². The highest BCUT2D eigenvalue weighted by Crippen LogP contribution is 2.17. The Hall–Kier alpha value is -3.48. The molecule has 1 aromatic heterocycles. The summed E-state index contributed by atoms with van der Waals surface area (Å²) < 4.78 is 11.5. The van der Waals surface area contributed by atoms with E-state index in [-0.39, 0.29) is 17.0 Å². The van der Waals surface area contributed by atoms with E-state index in [0.717, 1.165) is 4.68 Å². The van der Waals surface area contributed by atoms with Gasteiger partial charge >= 0.3 is 5.97 Å². The first-order chi connectivity index (χ1) is 12.9. The van der Waals surface area contributed by atoms with Gasteiger partial charge in [0.25, 0.3) is 5.56 Å². The number of aryl methyl sites for hydroxylation is 1. The van der Waals surface area contributed by atoms with Crippen LogP contribution in [0.4, 0.5) is 0 Å². The van der Waals surface area contributed by atoms with E-state index < -0.39 is 12.1 Å². The van der Waals surface area contributed by atoms with Gasteiger partial charge in [0.1, 0.15) is 5.75 Å². The Labute approximate surface area is 155 Å². The zero-order valence-electron chi connectivity index (χ0n) is 15.1. The van der Waals surface area contributed by atoms with Crippen LogP contribution >= 0.6 is 0 Å². The number of hydrogen-bond donors (Lipinski definition) is 0. The third-order valence-electron chi connectivity index (χ3n) is 4.18. The zero-order chi connectivity index (χ0) is 19.6. The van der Waals surface area contributed by atoms with Gasteiger partial charge in [-0.05, 0) is 37.3 Å². The Morgan fingerprint density at radius 2 is 1.67 bits per heavy atom. The lowest BCUT2D eigenvalue weighted by atomic mass is 10.1. The van der Waals surface area contributed by atoms with Crippen molar-refractivity contribution in [3.8, 4) is 5.75 Å². The van der Waals surface area contributed by atoms with Gasteiger partial charge in [-0.2, -0.15) is 5.10 Å². The van der Waals surface area contributed by atoms with Crippen molar-refractivity contribution in [3.63, 3.8) is 0 Å². The molecule has 0 aliphatic heterocycles. The van der Waals surface area contributed by atoms with Crippen LogP contribution in [-0.2, 0) is 11.8 Å². The minimum absolute atomic E-state index is 0.0120. The normalized spacial score (nSPS) is 11.8. The Morgan fingerprint density at radius 1 is 1.04 bits per heavy atom. The highest BCUT2D eigenvalue weighted by Gasteiger charge is 2.23. The average molecular weight is 366 g/mol. The van der Waals surface area contributed by atoms with Crippen LogP contribution in [0.25, 0.3) is 10.8 Å². The Morgan fingerprint density at radius 3 is 2.30 bits per heavy atom. The molecule has 138 valence electrons. The third-order valence-corrected chi connectivity index (χ3v) is 4.18. The summed E-state index contributed by atoms with van der Waals surface area (Å²) in [6, 6.07) is 13.2. The number of benzene rings is 2. The van der Waals surface area contributed by atoms with Gasteiger partial charge in [0.2, 0.25) is 5.78 Å². The van der Waals surface area contributed by atoms with Crippen molar-refractivity contribution < 1.29 is 19.1 Å². The number of fused-ring (bicyclic) bond motifs is 1. The quantitative estimate of drug-likeness (QED) is 0.509. The van der Waals surface area contributed by atoms with Crippen molar-refractivity contribution in [2.75, 3.05) is 7.11 Å². The lowest BCUT2D eigenvalue weighted by Gasteiger charge is -2.13. The van der Waals surface area contributed by atoms with E-state index in [1.807, 2.05) is 0 Å². The molecular formula is C20H18N2O5. The number of ether oxygens (including phenoxy) is 2. The van der Waals surface area contributed by atoms with E-state index in [2.05, 4.69) is 5.10 Å². The van der Waals surface area contributed by atoms with Crippen LogP contribution < -0.4 is 10.3 Å². The molecule has 1 atom stereocenters. The van der Waals surface area contributed by atoms with Gasteiger partial charge in [0.15, 0.2) is 11.8 Å². The molecule has 7 nitrogen and oxygen atoms in total. The summed E-state index contributed by atoms with van der Waals surface area (Å²) in [6.07, 6.45) is -1.01. The first-order valence-corrected chi connectivity index (χ1v) is 8.27. The molecule has 0 aliphatic carbocycles. The average Bonchev–Trinajstić information content (AvgIpc) is 2.70. The van der Waals surface area contributed by atoms with E-state index in [9.17, 15) is 14.4 Å². The minimum Gasteiger partial charge on any atom is -0.497 e. The first-order valence-electron chi connectivity index (χ1n) is 8.27. The van der Waals surface area contributed by atoms with Crippen LogP contribution in [0.5, 0.6) is 5.75 Å². The maximum absolute atomic E-state index is 12.6. The molecule has 0 amide bonds. The van der Waals surface area contributed by atoms with E-state index in [1.165, 1.54) is 21.1 Å². The zero-order valence-corrected chi connectivity index (χ0v) is 15.1. The summed E-state index contributed by atoms with van der Waals surface area (Å²) in [6.45, 7) is 1.49. The molecule has 7 heteroatoms. The van der Waals surface area contributed by atoms with E-state index in [4.69, 9.17) is 9.47 Å². The fourth-order valence-corrected chi connectivity index (χ4v) is 2.71. The van der Waals surface area contributed by atoms with Gasteiger partial charge in [-0.3, -0.25) is 9.59 Å². The number of nitrogens with zero attached hydrogens (tertiary/aromatic N) is 2. The number of methoxy groups -OCH3 is 1. The Kier molecular flexibility index (Phi) is 5.03. The number of carbonyl (C=O) groups is 2. The number of aromatic nitrogens is 2. The summed E-state index contributed by atoms with van der Waals surface area (Å²) in [7, 11) is 2.99. The standard InChI is InChI=1S/C20H18N2O5/c1-12(18(23)13-8-10-14(26-3)11-9-13)27-20(25)17-15-6-4-5-7-16(15)19(24)22(2)21-17/h4-12H,1-3H3. The van der Waals surface area contributed by atoms with Crippen molar-refractivity contribution in [2.45, 2.75) is 13.0 Å². The topological polar surface area (TPSA) is 87.5 Å². The molecule has 1 unspecified atom stereocenters. The third kappa shape index (κ3) is 3.57. The number of rotatable bonds is 5. The van der Waals surface area contributed by atoms with E-state index in [0.29, 0.717) is 22.1 Å². The van der Waals surface area contributed by atoms with Crippen molar-refractivity contribution >= 4 is 22.5 Å². The molecule has 0 radical (unpaired) electrons.